The Morgan fingerprint density at radius 1 is 1.09 bits per heavy atom. The van der Waals surface area contributed by atoms with Crippen LogP contribution in [0.25, 0.3) is 0 Å². The van der Waals surface area contributed by atoms with Crippen LogP contribution in [-0.2, 0) is 11.3 Å². The van der Waals surface area contributed by atoms with E-state index in [0.717, 1.165) is 11.4 Å². The van der Waals surface area contributed by atoms with Gasteiger partial charge in [-0.3, -0.25) is 4.79 Å². The molecule has 168 valence electrons. The largest absolute Gasteiger partial charge is 0.454 e. The molecule has 1 aromatic carbocycles. The lowest BCUT2D eigenvalue weighted by molar-refractivity contribution is 0.0475. The summed E-state index contributed by atoms with van der Waals surface area (Å²) in [7, 11) is 0. The van der Waals surface area contributed by atoms with E-state index in [9.17, 15) is 14.0 Å². The molecule has 3 aromatic heterocycles. The van der Waals surface area contributed by atoms with Gasteiger partial charge in [-0.15, -0.1) is 11.3 Å². The maximum Gasteiger partial charge on any atom is 0.342 e. The molecule has 0 amide bonds. The van der Waals surface area contributed by atoms with Crippen LogP contribution in [0.2, 0.25) is 0 Å². The molecule has 8 heteroatoms. The smallest absolute Gasteiger partial charge is 0.342 e. The van der Waals surface area contributed by atoms with E-state index in [1.165, 1.54) is 29.3 Å². The normalized spacial score (nSPS) is 10.8. The first-order chi connectivity index (χ1) is 15.9. The molecule has 0 spiro atoms. The summed E-state index contributed by atoms with van der Waals surface area (Å²) in [5.74, 6) is -1.34. The van der Waals surface area contributed by atoms with E-state index in [1.807, 2.05) is 37.4 Å². The number of para-hydroxylation sites is 1. The van der Waals surface area contributed by atoms with Crippen molar-refractivity contribution < 1.29 is 18.7 Å². The van der Waals surface area contributed by atoms with Gasteiger partial charge in [-0.25, -0.2) is 14.2 Å². The summed E-state index contributed by atoms with van der Waals surface area (Å²) in [6.45, 7) is 4.10. The Bertz CT molecular complexity index is 1300. The van der Waals surface area contributed by atoms with Gasteiger partial charge in [-0.05, 0) is 55.6 Å². The van der Waals surface area contributed by atoms with Crippen LogP contribution in [-0.4, -0.2) is 27.9 Å². The van der Waals surface area contributed by atoms with Gasteiger partial charge in [0.2, 0.25) is 5.78 Å². The predicted molar refractivity (Wildman–Crippen MR) is 126 cm³/mol. The maximum atomic E-state index is 14.0. The number of benzene rings is 1. The molecular formula is C25H22FN3O3S. The van der Waals surface area contributed by atoms with Crippen LogP contribution in [0.15, 0.2) is 66.2 Å². The van der Waals surface area contributed by atoms with Gasteiger partial charge in [0.15, 0.2) is 6.61 Å². The molecule has 0 radical (unpaired) electrons. The first-order valence-electron chi connectivity index (χ1n) is 10.3. The molecule has 0 aliphatic carbocycles. The van der Waals surface area contributed by atoms with E-state index in [1.54, 1.807) is 29.5 Å². The average molecular weight is 464 g/mol. The Balaban J connectivity index is 1.46. The van der Waals surface area contributed by atoms with E-state index in [4.69, 9.17) is 4.74 Å². The molecule has 0 fully saturated rings. The number of hydrogen-bond acceptors (Lipinski definition) is 6. The lowest BCUT2D eigenvalue weighted by Crippen LogP contribution is -2.16. The Labute approximate surface area is 194 Å². The van der Waals surface area contributed by atoms with E-state index < -0.39 is 18.4 Å². The van der Waals surface area contributed by atoms with E-state index >= 15 is 0 Å². The number of thiophene rings is 1. The van der Waals surface area contributed by atoms with Gasteiger partial charge in [-0.1, -0.05) is 18.2 Å². The minimum Gasteiger partial charge on any atom is -0.454 e. The van der Waals surface area contributed by atoms with Gasteiger partial charge in [0.05, 0.1) is 12.2 Å². The third-order valence-electron chi connectivity index (χ3n) is 5.26. The molecule has 4 aromatic rings. The number of ketones is 1. The number of carbonyl (C=O) groups excluding carboxylic acids is 2. The second-order valence-electron chi connectivity index (χ2n) is 7.45. The number of aryl methyl sites for hydroxylation is 1. The number of ether oxygens (including phenoxy) is 1. The fraction of sp³-hybridized carbons (Fsp3) is 0.160. The van der Waals surface area contributed by atoms with Gasteiger partial charge < -0.3 is 14.6 Å². The summed E-state index contributed by atoms with van der Waals surface area (Å²) in [6, 6.07) is 15.0. The number of halogens is 1. The summed E-state index contributed by atoms with van der Waals surface area (Å²) < 4.78 is 21.4. The first-order valence-corrected chi connectivity index (χ1v) is 11.2. The molecule has 0 saturated carbocycles. The zero-order valence-electron chi connectivity index (χ0n) is 18.2. The molecule has 1 N–H and O–H groups in total. The molecule has 4 rings (SSSR count). The van der Waals surface area contributed by atoms with Crippen LogP contribution >= 0.6 is 11.3 Å². The quantitative estimate of drug-likeness (QED) is 0.275. The van der Waals surface area contributed by atoms with Gasteiger partial charge in [0, 0.05) is 28.0 Å². The van der Waals surface area contributed by atoms with Crippen molar-refractivity contribution in [2.75, 3.05) is 11.9 Å². The number of rotatable bonds is 8. The molecule has 0 aliphatic heterocycles. The number of hydrogen-bond donors (Lipinski definition) is 1. The number of carbonyl (C=O) groups is 2. The molecule has 0 atom stereocenters. The average Bonchev–Trinajstić information content (AvgIpc) is 3.43. The lowest BCUT2D eigenvalue weighted by Gasteiger charge is -2.11. The number of nitrogens with zero attached hydrogens (tertiary/aromatic N) is 2. The highest BCUT2D eigenvalue weighted by Gasteiger charge is 2.20. The second-order valence-corrected chi connectivity index (χ2v) is 8.49. The molecule has 3 heterocycles. The molecule has 0 aliphatic rings. The summed E-state index contributed by atoms with van der Waals surface area (Å²) in [5, 5.41) is 4.82. The zero-order chi connectivity index (χ0) is 23.4. The fourth-order valence-corrected chi connectivity index (χ4v) is 4.22. The van der Waals surface area contributed by atoms with E-state index in [2.05, 4.69) is 14.9 Å². The summed E-state index contributed by atoms with van der Waals surface area (Å²) in [4.78, 5) is 30.8. The third kappa shape index (κ3) is 5.01. The van der Waals surface area contributed by atoms with E-state index in [0.29, 0.717) is 12.1 Å². The number of pyridine rings is 1. The van der Waals surface area contributed by atoms with Crippen molar-refractivity contribution in [3.8, 4) is 0 Å². The maximum absolute atomic E-state index is 14.0. The molecule has 33 heavy (non-hydrogen) atoms. The Hall–Kier alpha value is -3.78. The van der Waals surface area contributed by atoms with Crippen molar-refractivity contribution in [1.82, 2.24) is 9.55 Å². The topological polar surface area (TPSA) is 73.2 Å². The minimum absolute atomic E-state index is 0.108. The minimum atomic E-state index is -0.720. The van der Waals surface area contributed by atoms with Crippen molar-refractivity contribution >= 4 is 34.6 Å². The second kappa shape index (κ2) is 9.79. The number of esters is 1. The molecule has 0 unspecified atom stereocenters. The van der Waals surface area contributed by atoms with Crippen LogP contribution in [0.4, 0.5) is 15.9 Å². The summed E-state index contributed by atoms with van der Waals surface area (Å²) in [6.07, 6.45) is 1.48. The van der Waals surface area contributed by atoms with Crippen LogP contribution in [0.1, 0.15) is 37.0 Å². The third-order valence-corrected chi connectivity index (χ3v) is 6.12. The number of aromatic nitrogens is 2. The SMILES string of the molecule is Cc1cc(C(=O)COC(=O)c2cccnc2Nc2ccccc2F)c(C)n1Cc1cccs1. The van der Waals surface area contributed by atoms with Crippen molar-refractivity contribution in [3.63, 3.8) is 0 Å². The van der Waals surface area contributed by atoms with Gasteiger partial charge >= 0.3 is 5.97 Å². The number of anilines is 2. The number of Topliss-reactive ketones (excluding diaryl/α,β-unsaturated/α-hetero) is 1. The molecule has 0 bridgehead atoms. The van der Waals surface area contributed by atoms with Crippen molar-refractivity contribution in [2.45, 2.75) is 20.4 Å². The highest BCUT2D eigenvalue weighted by molar-refractivity contribution is 7.09. The highest BCUT2D eigenvalue weighted by atomic mass is 32.1. The Morgan fingerprint density at radius 3 is 2.67 bits per heavy atom. The van der Waals surface area contributed by atoms with Crippen molar-refractivity contribution in [3.05, 3.63) is 99.4 Å². The van der Waals surface area contributed by atoms with Crippen LogP contribution < -0.4 is 5.32 Å². The van der Waals surface area contributed by atoms with Crippen LogP contribution in [0.5, 0.6) is 0 Å². The number of nitrogens with one attached hydrogen (secondary N) is 1. The Morgan fingerprint density at radius 2 is 1.91 bits per heavy atom. The fourth-order valence-electron chi connectivity index (χ4n) is 3.53. The summed E-state index contributed by atoms with van der Waals surface area (Å²) in [5.41, 5.74) is 2.59. The van der Waals surface area contributed by atoms with Crippen molar-refractivity contribution in [2.24, 2.45) is 0 Å². The standard InChI is InChI=1S/C25H22FN3O3S/c1-16-13-20(17(2)29(16)14-18-7-6-12-33-18)23(30)15-32-25(31)19-8-5-11-27-24(19)28-22-10-4-3-9-21(22)26/h3-13H,14-15H2,1-2H3,(H,27,28). The zero-order valence-corrected chi connectivity index (χ0v) is 19.0. The molecule has 0 saturated heterocycles. The van der Waals surface area contributed by atoms with Gasteiger partial charge in [0.1, 0.15) is 17.2 Å². The van der Waals surface area contributed by atoms with E-state index in [-0.39, 0.29) is 22.9 Å². The lowest BCUT2D eigenvalue weighted by atomic mass is 10.1. The predicted octanol–water partition coefficient (Wildman–Crippen LogP) is 5.53. The van der Waals surface area contributed by atoms with Crippen molar-refractivity contribution in [1.29, 1.82) is 0 Å². The first kappa shape index (κ1) is 22.4. The highest BCUT2D eigenvalue weighted by Crippen LogP contribution is 2.23. The Kier molecular flexibility index (Phi) is 6.65. The van der Waals surface area contributed by atoms with Gasteiger partial charge in [0.25, 0.3) is 0 Å². The van der Waals surface area contributed by atoms with Crippen LogP contribution in [0.3, 0.4) is 0 Å². The van der Waals surface area contributed by atoms with Gasteiger partial charge in [-0.2, -0.15) is 0 Å². The van der Waals surface area contributed by atoms with Crippen LogP contribution in [0, 0.1) is 19.7 Å². The monoisotopic (exact) mass is 463 g/mol. The molecular weight excluding hydrogens is 441 g/mol. The molecule has 6 nitrogen and oxygen atoms in total. The summed E-state index contributed by atoms with van der Waals surface area (Å²) >= 11 is 1.66.